The molecule has 0 aliphatic carbocycles. The van der Waals surface area contributed by atoms with Crippen LogP contribution >= 0.6 is 28.3 Å². The van der Waals surface area contributed by atoms with Gasteiger partial charge in [-0.2, -0.15) is 5.26 Å². The van der Waals surface area contributed by atoms with Crippen LogP contribution < -0.4 is 9.46 Å². The number of sulfonamides is 1. The van der Waals surface area contributed by atoms with Crippen LogP contribution in [0.2, 0.25) is 0 Å². The SMILES string of the molecule is Cl.N#Cc1ccc2c(c1)[C@@H]1CN(CCCCNS(=O)(=O)c3ccc(Br)cc3)C[C@H]1CO2. The van der Waals surface area contributed by atoms with Gasteiger partial charge in [-0.15, -0.1) is 12.4 Å². The van der Waals surface area contributed by atoms with E-state index in [4.69, 9.17) is 4.74 Å². The Morgan fingerprint density at radius 2 is 1.94 bits per heavy atom. The maximum absolute atomic E-state index is 12.3. The molecule has 2 aliphatic rings. The Balaban J connectivity index is 0.00000272. The Morgan fingerprint density at radius 3 is 2.68 bits per heavy atom. The fraction of sp³-hybridized carbons (Fsp3) is 0.409. The van der Waals surface area contributed by atoms with Gasteiger partial charge >= 0.3 is 0 Å². The molecule has 6 nitrogen and oxygen atoms in total. The molecular weight excluding hydrogens is 502 g/mol. The van der Waals surface area contributed by atoms with Crippen molar-refractivity contribution in [3.63, 3.8) is 0 Å². The molecule has 2 heterocycles. The van der Waals surface area contributed by atoms with Crippen LogP contribution in [0, 0.1) is 17.2 Å². The number of hydrogen-bond donors (Lipinski definition) is 1. The summed E-state index contributed by atoms with van der Waals surface area (Å²) >= 11 is 3.31. The molecule has 1 N–H and O–H groups in total. The summed E-state index contributed by atoms with van der Waals surface area (Å²) in [4.78, 5) is 2.71. The standard InChI is InChI=1S/C22H24BrN3O3S.ClH/c23-18-4-6-19(7-5-18)30(27,28)25-9-1-2-10-26-13-17-15-29-22-8-3-16(12-24)11-20(22)21(17)14-26;/h3-8,11,17,21,25H,1-2,9-10,13-15H2;1H/t17-,21+;/m0./s1. The van der Waals surface area contributed by atoms with Gasteiger partial charge in [0.15, 0.2) is 0 Å². The van der Waals surface area contributed by atoms with Crippen molar-refractivity contribution in [2.24, 2.45) is 5.92 Å². The maximum atomic E-state index is 12.3. The van der Waals surface area contributed by atoms with Crippen LogP contribution in [0.5, 0.6) is 5.75 Å². The van der Waals surface area contributed by atoms with Gasteiger partial charge in [0.05, 0.1) is 23.1 Å². The number of unbranched alkanes of at least 4 members (excludes halogenated alkanes) is 1. The molecule has 4 rings (SSSR count). The minimum absolute atomic E-state index is 0. The number of benzene rings is 2. The van der Waals surface area contributed by atoms with E-state index in [1.165, 1.54) is 0 Å². The van der Waals surface area contributed by atoms with Crippen molar-refractivity contribution in [1.82, 2.24) is 9.62 Å². The van der Waals surface area contributed by atoms with Gasteiger partial charge in [-0.3, -0.25) is 0 Å². The molecule has 1 saturated heterocycles. The molecule has 9 heteroatoms. The summed E-state index contributed by atoms with van der Waals surface area (Å²) < 4.78 is 34.1. The molecule has 2 aromatic rings. The lowest BCUT2D eigenvalue weighted by Crippen LogP contribution is -2.27. The zero-order chi connectivity index (χ0) is 21.1. The zero-order valence-electron chi connectivity index (χ0n) is 17.0. The summed E-state index contributed by atoms with van der Waals surface area (Å²) in [5, 5.41) is 9.19. The van der Waals surface area contributed by atoms with E-state index in [0.717, 1.165) is 48.3 Å². The van der Waals surface area contributed by atoms with Crippen molar-refractivity contribution in [2.45, 2.75) is 23.7 Å². The van der Waals surface area contributed by atoms with Crippen LogP contribution in [-0.2, 0) is 10.0 Å². The van der Waals surface area contributed by atoms with Crippen molar-refractivity contribution in [2.75, 3.05) is 32.8 Å². The first-order valence-corrected chi connectivity index (χ1v) is 12.4. The molecule has 0 saturated carbocycles. The van der Waals surface area contributed by atoms with Crippen molar-refractivity contribution in [3.05, 3.63) is 58.1 Å². The summed E-state index contributed by atoms with van der Waals surface area (Å²) in [6, 6.07) is 14.5. The highest BCUT2D eigenvalue weighted by atomic mass is 79.9. The average Bonchev–Trinajstić information content (AvgIpc) is 3.17. The first-order chi connectivity index (χ1) is 14.5. The van der Waals surface area contributed by atoms with E-state index >= 15 is 0 Å². The smallest absolute Gasteiger partial charge is 0.240 e. The molecule has 0 amide bonds. The van der Waals surface area contributed by atoms with Gasteiger partial charge in [0, 0.05) is 41.5 Å². The second-order valence-electron chi connectivity index (χ2n) is 7.86. The highest BCUT2D eigenvalue weighted by molar-refractivity contribution is 9.10. The number of nitrogens with zero attached hydrogens (tertiary/aromatic N) is 2. The number of nitrogens with one attached hydrogen (secondary N) is 1. The van der Waals surface area contributed by atoms with Crippen LogP contribution in [0.25, 0.3) is 0 Å². The number of ether oxygens (including phenoxy) is 1. The fourth-order valence-corrected chi connectivity index (χ4v) is 5.60. The number of nitriles is 1. The van der Waals surface area contributed by atoms with E-state index in [9.17, 15) is 13.7 Å². The number of hydrogen-bond acceptors (Lipinski definition) is 5. The minimum Gasteiger partial charge on any atom is -0.493 e. The average molecular weight is 527 g/mol. The predicted molar refractivity (Wildman–Crippen MR) is 125 cm³/mol. The van der Waals surface area contributed by atoms with Gasteiger partial charge in [0.2, 0.25) is 10.0 Å². The van der Waals surface area contributed by atoms with Gasteiger partial charge in [-0.05, 0) is 61.9 Å². The van der Waals surface area contributed by atoms with Crippen molar-refractivity contribution in [3.8, 4) is 11.8 Å². The second kappa shape index (κ2) is 10.3. The minimum atomic E-state index is -3.46. The third-order valence-electron chi connectivity index (χ3n) is 5.83. The Morgan fingerprint density at radius 1 is 1.16 bits per heavy atom. The maximum Gasteiger partial charge on any atom is 0.240 e. The topological polar surface area (TPSA) is 82.4 Å². The lowest BCUT2D eigenvalue weighted by molar-refractivity contribution is 0.212. The van der Waals surface area contributed by atoms with Crippen LogP contribution in [0.3, 0.4) is 0 Å². The normalized spacial score (nSPS) is 20.1. The van der Waals surface area contributed by atoms with E-state index in [1.54, 1.807) is 30.3 Å². The van der Waals surface area contributed by atoms with Crippen LogP contribution in [0.4, 0.5) is 0 Å². The van der Waals surface area contributed by atoms with Crippen LogP contribution in [0.15, 0.2) is 51.8 Å². The quantitative estimate of drug-likeness (QED) is 0.553. The first-order valence-electron chi connectivity index (χ1n) is 10.1. The molecule has 0 bridgehead atoms. The Hall–Kier alpha value is -1.63. The van der Waals surface area contributed by atoms with Crippen LogP contribution in [0.1, 0.15) is 29.9 Å². The fourth-order valence-electron chi connectivity index (χ4n) is 4.26. The Labute approximate surface area is 198 Å². The summed E-state index contributed by atoms with van der Waals surface area (Å²) in [6.07, 6.45) is 1.71. The molecule has 166 valence electrons. The van der Waals surface area contributed by atoms with Crippen molar-refractivity contribution in [1.29, 1.82) is 5.26 Å². The summed E-state index contributed by atoms with van der Waals surface area (Å²) in [5.74, 6) is 1.75. The van der Waals surface area contributed by atoms with E-state index in [-0.39, 0.29) is 17.3 Å². The predicted octanol–water partition coefficient (Wildman–Crippen LogP) is 3.91. The molecule has 2 aliphatic heterocycles. The summed E-state index contributed by atoms with van der Waals surface area (Å²) in [7, 11) is -3.46. The van der Waals surface area contributed by atoms with Gasteiger partial charge in [0.25, 0.3) is 0 Å². The molecule has 0 aromatic heterocycles. The third-order valence-corrected chi connectivity index (χ3v) is 7.83. The zero-order valence-corrected chi connectivity index (χ0v) is 20.2. The monoisotopic (exact) mass is 525 g/mol. The Bertz CT molecular complexity index is 1060. The Kier molecular flexibility index (Phi) is 8.00. The van der Waals surface area contributed by atoms with Gasteiger partial charge < -0.3 is 9.64 Å². The lowest BCUT2D eigenvalue weighted by atomic mass is 9.86. The van der Waals surface area contributed by atoms with E-state index in [0.29, 0.717) is 30.6 Å². The number of fused-ring (bicyclic) bond motifs is 3. The van der Waals surface area contributed by atoms with E-state index < -0.39 is 10.0 Å². The van der Waals surface area contributed by atoms with Crippen molar-refractivity contribution < 1.29 is 13.2 Å². The van der Waals surface area contributed by atoms with E-state index in [1.807, 2.05) is 12.1 Å². The second-order valence-corrected chi connectivity index (χ2v) is 10.5. The highest BCUT2D eigenvalue weighted by Crippen LogP contribution is 2.41. The highest BCUT2D eigenvalue weighted by Gasteiger charge is 2.38. The number of likely N-dealkylation sites (tertiary alicyclic amines) is 1. The third kappa shape index (κ3) is 5.60. The summed E-state index contributed by atoms with van der Waals surface area (Å²) in [5.41, 5.74) is 1.82. The molecule has 0 spiro atoms. The number of halogens is 2. The number of rotatable bonds is 7. The van der Waals surface area contributed by atoms with Crippen LogP contribution in [-0.4, -0.2) is 46.1 Å². The van der Waals surface area contributed by atoms with Crippen molar-refractivity contribution >= 4 is 38.4 Å². The molecule has 2 aromatic carbocycles. The largest absolute Gasteiger partial charge is 0.493 e. The van der Waals surface area contributed by atoms with E-state index in [2.05, 4.69) is 31.6 Å². The molecule has 2 atom stereocenters. The first kappa shape index (κ1) is 24.0. The van der Waals surface area contributed by atoms with Gasteiger partial charge in [-0.1, -0.05) is 15.9 Å². The summed E-state index contributed by atoms with van der Waals surface area (Å²) in [6.45, 7) is 4.01. The van der Waals surface area contributed by atoms with Gasteiger partial charge in [-0.25, -0.2) is 13.1 Å². The molecule has 0 unspecified atom stereocenters. The molecule has 1 fully saturated rings. The molecule has 0 radical (unpaired) electrons. The lowest BCUT2D eigenvalue weighted by Gasteiger charge is -2.27. The molecular formula is C22H25BrClN3O3S. The van der Waals surface area contributed by atoms with Gasteiger partial charge in [0.1, 0.15) is 5.75 Å². The molecule has 31 heavy (non-hydrogen) atoms.